The highest BCUT2D eigenvalue weighted by Crippen LogP contribution is 2.30. The number of aliphatic hydroxyl groups is 1. The normalized spacial score (nSPS) is 47.1. The fourth-order valence-corrected chi connectivity index (χ4v) is 2.03. The van der Waals surface area contributed by atoms with Crippen molar-refractivity contribution in [1.29, 1.82) is 0 Å². The van der Waals surface area contributed by atoms with E-state index in [1.165, 1.54) is 6.42 Å². The predicted molar refractivity (Wildman–Crippen MR) is 37.8 cm³/mol. The van der Waals surface area contributed by atoms with Gasteiger partial charge in [0.15, 0.2) is 0 Å². The second-order valence-corrected chi connectivity index (χ2v) is 3.44. The number of hydrogen-bond acceptors (Lipinski definition) is 2. The molecule has 58 valence electrons. The van der Waals surface area contributed by atoms with Gasteiger partial charge in [-0.3, -0.25) is 0 Å². The van der Waals surface area contributed by atoms with Gasteiger partial charge in [-0.05, 0) is 32.1 Å². The van der Waals surface area contributed by atoms with Crippen LogP contribution in [-0.2, 0) is 4.74 Å². The Morgan fingerprint density at radius 2 is 1.70 bits per heavy atom. The molecule has 2 aliphatic rings. The topological polar surface area (TPSA) is 29.5 Å². The molecule has 0 spiro atoms. The maximum atomic E-state index is 9.34. The molecule has 0 radical (unpaired) electrons. The number of hydrogen-bond donors (Lipinski definition) is 1. The molecule has 1 unspecified atom stereocenters. The summed E-state index contributed by atoms with van der Waals surface area (Å²) < 4.78 is 5.63. The van der Waals surface area contributed by atoms with Gasteiger partial charge in [-0.2, -0.15) is 0 Å². The Kier molecular flexibility index (Phi) is 1.66. The zero-order valence-corrected chi connectivity index (χ0v) is 6.12. The molecule has 0 aliphatic carbocycles. The Morgan fingerprint density at radius 1 is 1.10 bits per heavy atom. The van der Waals surface area contributed by atoms with Crippen molar-refractivity contribution in [2.75, 3.05) is 0 Å². The van der Waals surface area contributed by atoms with Crippen molar-refractivity contribution in [3.05, 3.63) is 0 Å². The third kappa shape index (κ3) is 1.18. The van der Waals surface area contributed by atoms with Gasteiger partial charge in [0.05, 0.1) is 18.3 Å². The molecule has 2 saturated heterocycles. The van der Waals surface area contributed by atoms with Crippen molar-refractivity contribution in [3.63, 3.8) is 0 Å². The van der Waals surface area contributed by atoms with Gasteiger partial charge < -0.3 is 9.84 Å². The summed E-state index contributed by atoms with van der Waals surface area (Å²) in [6.45, 7) is 0. The minimum absolute atomic E-state index is 0.0796. The van der Waals surface area contributed by atoms with E-state index in [0.717, 1.165) is 25.7 Å². The van der Waals surface area contributed by atoms with E-state index in [-0.39, 0.29) is 6.10 Å². The van der Waals surface area contributed by atoms with E-state index in [1.807, 2.05) is 0 Å². The Balaban J connectivity index is 1.98. The van der Waals surface area contributed by atoms with Crippen LogP contribution in [0.4, 0.5) is 0 Å². The molecule has 2 bridgehead atoms. The zero-order valence-electron chi connectivity index (χ0n) is 6.12. The highest BCUT2D eigenvalue weighted by molar-refractivity contribution is 4.81. The third-order valence-corrected chi connectivity index (χ3v) is 2.51. The molecule has 0 saturated carbocycles. The van der Waals surface area contributed by atoms with Crippen molar-refractivity contribution < 1.29 is 9.84 Å². The molecule has 0 aromatic heterocycles. The lowest BCUT2D eigenvalue weighted by Crippen LogP contribution is -2.38. The van der Waals surface area contributed by atoms with E-state index in [2.05, 4.69) is 0 Å². The van der Waals surface area contributed by atoms with Crippen LogP contribution >= 0.6 is 0 Å². The first-order chi connectivity index (χ1) is 4.84. The van der Waals surface area contributed by atoms with E-state index in [1.54, 1.807) is 0 Å². The monoisotopic (exact) mass is 142 g/mol. The van der Waals surface area contributed by atoms with Crippen LogP contribution in [0.3, 0.4) is 0 Å². The average molecular weight is 142 g/mol. The fourth-order valence-electron chi connectivity index (χ4n) is 2.03. The lowest BCUT2D eigenvalue weighted by molar-refractivity contribution is -0.121. The molecule has 2 aliphatic heterocycles. The largest absolute Gasteiger partial charge is 0.393 e. The number of ether oxygens (including phenoxy) is 1. The van der Waals surface area contributed by atoms with Gasteiger partial charge in [-0.1, -0.05) is 0 Å². The van der Waals surface area contributed by atoms with Crippen LogP contribution in [0.1, 0.15) is 32.1 Å². The van der Waals surface area contributed by atoms with Gasteiger partial charge in [-0.15, -0.1) is 0 Å². The van der Waals surface area contributed by atoms with E-state index < -0.39 is 0 Å². The molecule has 1 N–H and O–H groups in total. The summed E-state index contributed by atoms with van der Waals surface area (Å²) in [5.74, 6) is 0. The van der Waals surface area contributed by atoms with Gasteiger partial charge in [0.25, 0.3) is 0 Å². The summed E-state index contributed by atoms with van der Waals surface area (Å²) in [4.78, 5) is 0. The number of rotatable bonds is 0. The van der Waals surface area contributed by atoms with Crippen molar-refractivity contribution in [1.82, 2.24) is 0 Å². The standard InChI is InChI=1S/C8H14O2/c9-6-4-7-2-1-3-8(5-6)10-7/h6-9H,1-5H2/t6?,7-,8+. The van der Waals surface area contributed by atoms with Crippen molar-refractivity contribution in [2.45, 2.75) is 50.4 Å². The molecule has 0 aromatic carbocycles. The smallest absolute Gasteiger partial charge is 0.0603 e. The van der Waals surface area contributed by atoms with Crippen molar-refractivity contribution >= 4 is 0 Å². The fraction of sp³-hybridized carbons (Fsp3) is 1.00. The zero-order chi connectivity index (χ0) is 6.97. The molecule has 3 atom stereocenters. The van der Waals surface area contributed by atoms with Crippen molar-refractivity contribution in [3.8, 4) is 0 Å². The molecule has 2 rings (SSSR count). The van der Waals surface area contributed by atoms with Crippen LogP contribution in [-0.4, -0.2) is 23.4 Å². The Bertz CT molecular complexity index is 108. The van der Waals surface area contributed by atoms with Crippen LogP contribution < -0.4 is 0 Å². The molecule has 2 heteroatoms. The highest BCUT2D eigenvalue weighted by Gasteiger charge is 2.31. The van der Waals surface area contributed by atoms with Crippen LogP contribution in [0.2, 0.25) is 0 Å². The first-order valence-electron chi connectivity index (χ1n) is 4.18. The van der Waals surface area contributed by atoms with Gasteiger partial charge in [-0.25, -0.2) is 0 Å². The molecule has 0 amide bonds. The quantitative estimate of drug-likeness (QED) is 0.548. The van der Waals surface area contributed by atoms with Gasteiger partial charge in [0.2, 0.25) is 0 Å². The highest BCUT2D eigenvalue weighted by atomic mass is 16.5. The maximum Gasteiger partial charge on any atom is 0.0603 e. The lowest BCUT2D eigenvalue weighted by Gasteiger charge is -2.37. The van der Waals surface area contributed by atoms with Crippen LogP contribution in [0.25, 0.3) is 0 Å². The average Bonchev–Trinajstić information content (AvgIpc) is 1.85. The molecule has 2 fully saturated rings. The first-order valence-corrected chi connectivity index (χ1v) is 4.18. The molecule has 2 nitrogen and oxygen atoms in total. The third-order valence-electron chi connectivity index (χ3n) is 2.51. The van der Waals surface area contributed by atoms with Crippen molar-refractivity contribution in [2.24, 2.45) is 0 Å². The molecular weight excluding hydrogens is 128 g/mol. The van der Waals surface area contributed by atoms with Crippen LogP contribution in [0.5, 0.6) is 0 Å². The lowest BCUT2D eigenvalue weighted by atomic mass is 9.90. The number of aliphatic hydroxyl groups excluding tert-OH is 1. The van der Waals surface area contributed by atoms with E-state index in [0.29, 0.717) is 12.2 Å². The SMILES string of the molecule is OC1C[C@H]2CCC[C@@H](C1)O2. The van der Waals surface area contributed by atoms with E-state index >= 15 is 0 Å². The summed E-state index contributed by atoms with van der Waals surface area (Å²) in [7, 11) is 0. The second-order valence-electron chi connectivity index (χ2n) is 3.44. The molecule has 2 heterocycles. The van der Waals surface area contributed by atoms with E-state index in [9.17, 15) is 5.11 Å². The van der Waals surface area contributed by atoms with Crippen LogP contribution in [0, 0.1) is 0 Å². The van der Waals surface area contributed by atoms with Crippen LogP contribution in [0.15, 0.2) is 0 Å². The Labute approximate surface area is 61.2 Å². The summed E-state index contributed by atoms with van der Waals surface area (Å²) in [5, 5.41) is 9.34. The summed E-state index contributed by atoms with van der Waals surface area (Å²) in [6.07, 6.45) is 6.03. The van der Waals surface area contributed by atoms with Gasteiger partial charge in [0, 0.05) is 0 Å². The number of fused-ring (bicyclic) bond motifs is 2. The minimum Gasteiger partial charge on any atom is -0.393 e. The summed E-state index contributed by atoms with van der Waals surface area (Å²) >= 11 is 0. The summed E-state index contributed by atoms with van der Waals surface area (Å²) in [5.41, 5.74) is 0. The predicted octanol–water partition coefficient (Wildman–Crippen LogP) is 1.08. The van der Waals surface area contributed by atoms with E-state index in [4.69, 9.17) is 4.74 Å². The van der Waals surface area contributed by atoms with Gasteiger partial charge in [0.1, 0.15) is 0 Å². The second kappa shape index (κ2) is 2.51. The maximum absolute atomic E-state index is 9.34. The van der Waals surface area contributed by atoms with Gasteiger partial charge >= 0.3 is 0 Å². The molecule has 0 aromatic rings. The Morgan fingerprint density at radius 3 is 2.30 bits per heavy atom. The summed E-state index contributed by atoms with van der Waals surface area (Å²) in [6, 6.07) is 0. The minimum atomic E-state index is -0.0796. The Hall–Kier alpha value is -0.0800. The first kappa shape index (κ1) is 6.62. The molecular formula is C8H14O2. The molecule has 10 heavy (non-hydrogen) atoms.